The number of ketones is 1. The number of benzene rings is 2. The van der Waals surface area contributed by atoms with Crippen molar-refractivity contribution in [2.24, 2.45) is 5.14 Å². The van der Waals surface area contributed by atoms with Gasteiger partial charge in [-0.15, -0.1) is 0 Å². The minimum atomic E-state index is -3.94. The summed E-state index contributed by atoms with van der Waals surface area (Å²) < 4.78 is 22.9. The standard InChI is InChI=1S/C17H16N2O4S/c1-10-3-4-12(11(2)7-10)9-19-15-6-5-13(24(18,22)23)8-14(15)16(20)17(19)21/h3-8H,9H2,1-2H3,(H2,18,22,23). The van der Waals surface area contributed by atoms with Gasteiger partial charge in [0.2, 0.25) is 10.0 Å². The number of aryl methyl sites for hydroxylation is 2. The van der Waals surface area contributed by atoms with E-state index in [-0.39, 0.29) is 17.0 Å². The van der Waals surface area contributed by atoms with Gasteiger partial charge in [-0.3, -0.25) is 9.59 Å². The van der Waals surface area contributed by atoms with Gasteiger partial charge < -0.3 is 4.90 Å². The Morgan fingerprint density at radius 2 is 1.75 bits per heavy atom. The molecular weight excluding hydrogens is 328 g/mol. The number of hydrogen-bond acceptors (Lipinski definition) is 4. The average Bonchev–Trinajstić information content (AvgIpc) is 2.73. The number of rotatable bonds is 3. The molecule has 124 valence electrons. The molecule has 2 N–H and O–H groups in total. The van der Waals surface area contributed by atoms with Crippen LogP contribution in [-0.4, -0.2) is 20.1 Å². The van der Waals surface area contributed by atoms with E-state index < -0.39 is 21.7 Å². The summed E-state index contributed by atoms with van der Waals surface area (Å²) in [5, 5.41) is 5.09. The molecule has 0 fully saturated rings. The zero-order valence-electron chi connectivity index (χ0n) is 13.2. The molecule has 0 spiro atoms. The lowest BCUT2D eigenvalue weighted by atomic mass is 10.1. The minimum Gasteiger partial charge on any atom is -0.300 e. The molecule has 2 aromatic rings. The molecule has 1 aliphatic heterocycles. The molecule has 24 heavy (non-hydrogen) atoms. The Hall–Kier alpha value is -2.51. The zero-order valence-corrected chi connectivity index (χ0v) is 14.1. The first-order valence-electron chi connectivity index (χ1n) is 7.27. The zero-order chi connectivity index (χ0) is 17.6. The van der Waals surface area contributed by atoms with Crippen molar-refractivity contribution in [3.63, 3.8) is 0 Å². The lowest BCUT2D eigenvalue weighted by Gasteiger charge is -2.18. The average molecular weight is 344 g/mol. The summed E-state index contributed by atoms with van der Waals surface area (Å²) in [5.41, 5.74) is 3.52. The van der Waals surface area contributed by atoms with Gasteiger partial charge in [-0.2, -0.15) is 0 Å². The van der Waals surface area contributed by atoms with Crippen molar-refractivity contribution >= 4 is 27.4 Å². The van der Waals surface area contributed by atoms with Gasteiger partial charge in [0, 0.05) is 0 Å². The van der Waals surface area contributed by atoms with Crippen LogP contribution in [-0.2, 0) is 21.4 Å². The molecule has 6 nitrogen and oxygen atoms in total. The highest BCUT2D eigenvalue weighted by molar-refractivity contribution is 7.89. The second-order valence-corrected chi connectivity index (χ2v) is 7.44. The second kappa shape index (κ2) is 5.54. The summed E-state index contributed by atoms with van der Waals surface area (Å²) in [4.78, 5) is 25.7. The fourth-order valence-electron chi connectivity index (χ4n) is 2.81. The first-order chi connectivity index (χ1) is 11.2. The maximum absolute atomic E-state index is 12.3. The molecule has 3 rings (SSSR count). The van der Waals surface area contributed by atoms with Crippen molar-refractivity contribution in [3.8, 4) is 0 Å². The Kier molecular flexibility index (Phi) is 3.77. The molecule has 0 atom stereocenters. The van der Waals surface area contributed by atoms with Crippen LogP contribution < -0.4 is 10.0 Å². The Morgan fingerprint density at radius 1 is 1.04 bits per heavy atom. The Bertz CT molecular complexity index is 980. The molecule has 0 saturated heterocycles. The molecular formula is C17H16N2O4S. The number of amides is 1. The number of anilines is 1. The van der Waals surface area contributed by atoms with Crippen LogP contribution in [0.25, 0.3) is 0 Å². The van der Waals surface area contributed by atoms with Gasteiger partial charge in [-0.05, 0) is 43.2 Å². The molecule has 0 saturated carbocycles. The Morgan fingerprint density at radius 3 is 2.38 bits per heavy atom. The van der Waals surface area contributed by atoms with E-state index in [1.807, 2.05) is 32.0 Å². The molecule has 2 aromatic carbocycles. The number of fused-ring (bicyclic) bond motifs is 1. The van der Waals surface area contributed by atoms with Crippen LogP contribution in [0.3, 0.4) is 0 Å². The summed E-state index contributed by atoms with van der Waals surface area (Å²) in [7, 11) is -3.94. The van der Waals surface area contributed by atoms with E-state index in [2.05, 4.69) is 0 Å². The van der Waals surface area contributed by atoms with Crippen LogP contribution in [0.2, 0.25) is 0 Å². The van der Waals surface area contributed by atoms with E-state index in [1.54, 1.807) is 0 Å². The van der Waals surface area contributed by atoms with E-state index in [0.717, 1.165) is 22.8 Å². The Balaban J connectivity index is 2.03. The van der Waals surface area contributed by atoms with Gasteiger partial charge in [0.05, 0.1) is 22.7 Å². The van der Waals surface area contributed by atoms with Crippen LogP contribution in [0.4, 0.5) is 5.69 Å². The number of primary sulfonamides is 1. The van der Waals surface area contributed by atoms with E-state index in [9.17, 15) is 18.0 Å². The monoisotopic (exact) mass is 344 g/mol. The van der Waals surface area contributed by atoms with Crippen molar-refractivity contribution < 1.29 is 18.0 Å². The van der Waals surface area contributed by atoms with Gasteiger partial charge in [-0.1, -0.05) is 23.8 Å². The molecule has 0 aromatic heterocycles. The normalized spacial score (nSPS) is 14.2. The number of hydrogen-bond donors (Lipinski definition) is 1. The summed E-state index contributed by atoms with van der Waals surface area (Å²) >= 11 is 0. The first-order valence-corrected chi connectivity index (χ1v) is 8.82. The van der Waals surface area contributed by atoms with Crippen LogP contribution in [0.1, 0.15) is 27.0 Å². The Labute approximate surface area is 139 Å². The van der Waals surface area contributed by atoms with E-state index in [4.69, 9.17) is 5.14 Å². The van der Waals surface area contributed by atoms with Crippen molar-refractivity contribution in [1.29, 1.82) is 0 Å². The molecule has 0 bridgehead atoms. The molecule has 1 aliphatic rings. The highest BCUT2D eigenvalue weighted by Gasteiger charge is 2.36. The topological polar surface area (TPSA) is 97.5 Å². The maximum Gasteiger partial charge on any atom is 0.299 e. The van der Waals surface area contributed by atoms with Gasteiger partial charge in [-0.25, -0.2) is 13.6 Å². The summed E-state index contributed by atoms with van der Waals surface area (Å²) in [5.74, 6) is -1.39. The number of nitrogens with two attached hydrogens (primary N) is 1. The molecule has 0 aliphatic carbocycles. The number of nitrogens with zero attached hydrogens (tertiary/aromatic N) is 1. The van der Waals surface area contributed by atoms with Crippen molar-refractivity contribution in [1.82, 2.24) is 0 Å². The summed E-state index contributed by atoms with van der Waals surface area (Å²) in [6.45, 7) is 4.17. The van der Waals surface area contributed by atoms with Crippen molar-refractivity contribution in [2.75, 3.05) is 4.90 Å². The highest BCUT2D eigenvalue weighted by Crippen LogP contribution is 2.32. The third-order valence-corrected chi connectivity index (χ3v) is 5.01. The van der Waals surface area contributed by atoms with E-state index in [1.165, 1.54) is 17.0 Å². The van der Waals surface area contributed by atoms with Gasteiger partial charge >= 0.3 is 0 Å². The van der Waals surface area contributed by atoms with Crippen LogP contribution in [0.5, 0.6) is 0 Å². The number of carbonyl (C=O) groups is 2. The SMILES string of the molecule is Cc1ccc(CN2C(=O)C(=O)c3cc(S(N)(=O)=O)ccc32)c(C)c1. The quantitative estimate of drug-likeness (QED) is 0.857. The lowest BCUT2D eigenvalue weighted by molar-refractivity contribution is -0.114. The summed E-state index contributed by atoms with van der Waals surface area (Å²) in [6.07, 6.45) is 0. The number of sulfonamides is 1. The fourth-order valence-corrected chi connectivity index (χ4v) is 3.35. The molecule has 1 heterocycles. The van der Waals surface area contributed by atoms with Gasteiger partial charge in [0.15, 0.2) is 0 Å². The third kappa shape index (κ3) is 2.72. The smallest absolute Gasteiger partial charge is 0.299 e. The maximum atomic E-state index is 12.3. The number of Topliss-reactive ketones (excluding diaryl/α,β-unsaturated/α-hetero) is 1. The molecule has 7 heteroatoms. The molecule has 0 radical (unpaired) electrons. The number of carbonyl (C=O) groups excluding carboxylic acids is 2. The van der Waals surface area contributed by atoms with Crippen molar-refractivity contribution in [3.05, 3.63) is 58.7 Å². The van der Waals surface area contributed by atoms with Crippen LogP contribution in [0.15, 0.2) is 41.3 Å². The molecule has 0 unspecified atom stereocenters. The van der Waals surface area contributed by atoms with Crippen molar-refractivity contribution in [2.45, 2.75) is 25.3 Å². The fraction of sp³-hybridized carbons (Fsp3) is 0.176. The lowest BCUT2D eigenvalue weighted by Crippen LogP contribution is -2.29. The third-order valence-electron chi connectivity index (χ3n) is 4.10. The van der Waals surface area contributed by atoms with Gasteiger partial charge in [0.1, 0.15) is 0 Å². The molecule has 1 amide bonds. The highest BCUT2D eigenvalue weighted by atomic mass is 32.2. The van der Waals surface area contributed by atoms with E-state index >= 15 is 0 Å². The van der Waals surface area contributed by atoms with Crippen LogP contribution >= 0.6 is 0 Å². The second-order valence-electron chi connectivity index (χ2n) is 5.87. The minimum absolute atomic E-state index is 0.0660. The first kappa shape index (κ1) is 16.4. The summed E-state index contributed by atoms with van der Waals surface area (Å²) in [6, 6.07) is 9.76. The predicted molar refractivity (Wildman–Crippen MR) is 89.3 cm³/mol. The largest absolute Gasteiger partial charge is 0.300 e. The predicted octanol–water partition coefficient (Wildman–Crippen LogP) is 1.68. The van der Waals surface area contributed by atoms with Crippen LogP contribution in [0, 0.1) is 13.8 Å². The van der Waals surface area contributed by atoms with E-state index in [0.29, 0.717) is 5.69 Å². The van der Waals surface area contributed by atoms with Gasteiger partial charge in [0.25, 0.3) is 11.7 Å².